The fourth-order valence-corrected chi connectivity index (χ4v) is 0.437. The average molecular weight is 182 g/mol. The molecule has 0 aliphatic rings. The lowest BCUT2D eigenvalue weighted by molar-refractivity contribution is -0.882. The third-order valence-corrected chi connectivity index (χ3v) is 1.92. The number of alkyl halides is 1. The van der Waals surface area contributed by atoms with Crippen molar-refractivity contribution in [2.45, 2.75) is 5.50 Å². The summed E-state index contributed by atoms with van der Waals surface area (Å²) in [5.74, 6) is 0. The Hall–Kier alpha value is -0.480. The van der Waals surface area contributed by atoms with Crippen molar-refractivity contribution in [3.05, 3.63) is 0 Å². The van der Waals surface area contributed by atoms with Gasteiger partial charge < -0.3 is 15.0 Å². The lowest BCUT2D eigenvalue weighted by Gasteiger charge is -2.28. The summed E-state index contributed by atoms with van der Waals surface area (Å²) in [6.45, 7) is 0.139. The highest BCUT2D eigenvalue weighted by Crippen LogP contribution is 2.07. The molecule has 0 saturated heterocycles. The maximum atomic E-state index is 10.2. The fourth-order valence-electron chi connectivity index (χ4n) is 0.375. The number of halogens is 1. The Bertz CT molecular complexity index is 144. The average Bonchev–Trinajstić information content (AvgIpc) is 1.80. The molecule has 0 aromatic heterocycles. The Kier molecular flexibility index (Phi) is 3.62. The van der Waals surface area contributed by atoms with Gasteiger partial charge in [-0.05, 0) is 0 Å². The molecule has 0 radical (unpaired) electrons. The van der Waals surface area contributed by atoms with Crippen LogP contribution in [0.4, 0.5) is 4.79 Å². The molecule has 1 unspecified atom stereocenters. The molecule has 0 fully saturated rings. The molecule has 0 saturated carbocycles. The van der Waals surface area contributed by atoms with Crippen LogP contribution < -0.4 is 5.73 Å². The topological polar surface area (TPSA) is 52.3 Å². The molecule has 0 heterocycles. The zero-order valence-electron chi connectivity index (χ0n) is 7.00. The Labute approximate surface area is 71.5 Å². The van der Waals surface area contributed by atoms with Gasteiger partial charge >= 0.3 is 6.09 Å². The van der Waals surface area contributed by atoms with Crippen molar-refractivity contribution in [1.29, 1.82) is 0 Å². The molecule has 11 heavy (non-hydrogen) atoms. The van der Waals surface area contributed by atoms with Crippen molar-refractivity contribution in [3.8, 4) is 0 Å². The number of carbonyl (C=O) groups is 1. The Morgan fingerprint density at radius 2 is 2.09 bits per heavy atom. The molecule has 0 rings (SSSR count). The Morgan fingerprint density at radius 3 is 2.36 bits per heavy atom. The van der Waals surface area contributed by atoms with Gasteiger partial charge in [0, 0.05) is 0 Å². The molecular weight excluding hydrogens is 168 g/mol. The number of carbonyl (C=O) groups excluding carboxylic acids is 1. The van der Waals surface area contributed by atoms with Gasteiger partial charge in [-0.1, -0.05) is 11.6 Å². The van der Waals surface area contributed by atoms with Gasteiger partial charge in [0.15, 0.2) is 12.1 Å². The van der Waals surface area contributed by atoms with E-state index in [1.165, 1.54) is 0 Å². The fraction of sp³-hybridized carbons (Fsp3) is 0.833. The number of hydrogen-bond acceptors (Lipinski definition) is 2. The van der Waals surface area contributed by atoms with Crippen molar-refractivity contribution in [2.75, 3.05) is 27.7 Å². The zero-order valence-corrected chi connectivity index (χ0v) is 7.76. The number of primary amides is 1. The summed E-state index contributed by atoms with van der Waals surface area (Å²) in [4.78, 5) is 10.2. The lowest BCUT2D eigenvalue weighted by atomic mass is 10.5. The van der Waals surface area contributed by atoms with Gasteiger partial charge in [-0.3, -0.25) is 0 Å². The van der Waals surface area contributed by atoms with Crippen LogP contribution in [-0.4, -0.2) is 43.8 Å². The summed E-state index contributed by atoms with van der Waals surface area (Å²) in [6.07, 6.45) is -0.788. The summed E-state index contributed by atoms with van der Waals surface area (Å²) >= 11 is 5.84. The summed E-state index contributed by atoms with van der Waals surface area (Å²) < 4.78 is 5.04. The number of rotatable bonds is 3. The van der Waals surface area contributed by atoms with E-state index in [4.69, 9.17) is 17.3 Å². The molecule has 0 spiro atoms. The first-order valence-corrected chi connectivity index (χ1v) is 3.65. The Morgan fingerprint density at radius 1 is 1.64 bits per heavy atom. The number of ether oxygens (including phenoxy) is 1. The van der Waals surface area contributed by atoms with E-state index in [0.717, 1.165) is 0 Å². The normalized spacial score (nSPS) is 14.2. The first kappa shape index (κ1) is 10.5. The minimum absolute atomic E-state index is 0.139. The van der Waals surface area contributed by atoms with E-state index in [-0.39, 0.29) is 12.1 Å². The van der Waals surface area contributed by atoms with Crippen molar-refractivity contribution in [1.82, 2.24) is 0 Å². The van der Waals surface area contributed by atoms with E-state index in [0.29, 0.717) is 4.48 Å². The highest BCUT2D eigenvalue weighted by molar-refractivity contribution is 6.19. The molecule has 1 amide bonds. The molecule has 5 heteroatoms. The molecule has 2 N–H and O–H groups in total. The van der Waals surface area contributed by atoms with Gasteiger partial charge in [-0.2, -0.15) is 0 Å². The van der Waals surface area contributed by atoms with Gasteiger partial charge in [-0.15, -0.1) is 0 Å². The smallest absolute Gasteiger partial charge is 0.404 e. The summed E-state index contributed by atoms with van der Waals surface area (Å²) in [7, 11) is 5.71. The molecule has 0 bridgehead atoms. The first-order chi connectivity index (χ1) is 4.84. The van der Waals surface area contributed by atoms with Crippen LogP contribution in [0.1, 0.15) is 0 Å². The van der Waals surface area contributed by atoms with Gasteiger partial charge in [0.2, 0.25) is 0 Å². The molecule has 66 valence electrons. The maximum Gasteiger partial charge on any atom is 0.404 e. The van der Waals surface area contributed by atoms with Crippen LogP contribution in [0.5, 0.6) is 0 Å². The second kappa shape index (κ2) is 3.78. The van der Waals surface area contributed by atoms with E-state index in [1.807, 2.05) is 21.1 Å². The van der Waals surface area contributed by atoms with Crippen molar-refractivity contribution in [3.63, 3.8) is 0 Å². The second-order valence-corrected chi connectivity index (χ2v) is 3.68. The standard InChI is InChI=1S/C6H13ClN2O2/c1-9(2,3)5(7)4-11-6(8)10/h5H,4H2,1-3H3,(H-,8,10)/p+1. The summed E-state index contributed by atoms with van der Waals surface area (Å²) in [6, 6.07) is 0. The third-order valence-electron chi connectivity index (χ3n) is 1.20. The largest absolute Gasteiger partial charge is 0.442 e. The van der Waals surface area contributed by atoms with Crippen LogP contribution in [0.2, 0.25) is 0 Å². The predicted molar refractivity (Wildman–Crippen MR) is 43.2 cm³/mol. The summed E-state index contributed by atoms with van der Waals surface area (Å²) in [5.41, 5.74) is 4.50. The third kappa shape index (κ3) is 4.86. The lowest BCUT2D eigenvalue weighted by Crippen LogP contribution is -2.44. The molecule has 1 atom stereocenters. The number of nitrogens with zero attached hydrogens (tertiary/aromatic N) is 1. The second-order valence-electron chi connectivity index (χ2n) is 3.18. The molecule has 0 aromatic carbocycles. The minimum atomic E-state index is -0.788. The first-order valence-electron chi connectivity index (χ1n) is 3.21. The van der Waals surface area contributed by atoms with Gasteiger partial charge in [0.05, 0.1) is 21.1 Å². The molecular formula is C6H14ClN2O2+. The predicted octanol–water partition coefficient (Wildman–Crippen LogP) is 0.353. The number of quaternary nitrogens is 1. The van der Waals surface area contributed by atoms with Gasteiger partial charge in [-0.25, -0.2) is 4.79 Å². The zero-order chi connectivity index (χ0) is 9.07. The summed E-state index contributed by atoms with van der Waals surface area (Å²) in [5, 5.41) is 0. The van der Waals surface area contributed by atoms with Crippen molar-refractivity contribution in [2.24, 2.45) is 5.73 Å². The number of hydrogen-bond donors (Lipinski definition) is 1. The van der Waals surface area contributed by atoms with Gasteiger partial charge in [0.1, 0.15) is 0 Å². The number of nitrogens with two attached hydrogens (primary N) is 1. The molecule has 4 nitrogen and oxygen atoms in total. The molecule has 0 aliphatic carbocycles. The Balaban J connectivity index is 3.70. The quantitative estimate of drug-likeness (QED) is 0.388. The highest BCUT2D eigenvalue weighted by Gasteiger charge is 2.21. The highest BCUT2D eigenvalue weighted by atomic mass is 35.5. The minimum Gasteiger partial charge on any atom is -0.442 e. The maximum absolute atomic E-state index is 10.2. The number of likely N-dealkylation sites (N-methyl/N-ethyl adjacent to an activating group) is 1. The van der Waals surface area contributed by atoms with E-state index in [9.17, 15) is 4.79 Å². The monoisotopic (exact) mass is 181 g/mol. The number of amides is 1. The van der Waals surface area contributed by atoms with Crippen molar-refractivity contribution < 1.29 is 14.0 Å². The van der Waals surface area contributed by atoms with Crippen LogP contribution >= 0.6 is 11.6 Å². The van der Waals surface area contributed by atoms with Crippen LogP contribution in [0.3, 0.4) is 0 Å². The van der Waals surface area contributed by atoms with Crippen LogP contribution in [-0.2, 0) is 4.74 Å². The molecule has 0 aromatic rings. The molecule has 0 aliphatic heterocycles. The van der Waals surface area contributed by atoms with E-state index in [2.05, 4.69) is 4.74 Å². The van der Waals surface area contributed by atoms with Crippen molar-refractivity contribution >= 4 is 17.7 Å². The van der Waals surface area contributed by atoms with E-state index < -0.39 is 6.09 Å². The van der Waals surface area contributed by atoms with Crippen LogP contribution in [0, 0.1) is 0 Å². The van der Waals surface area contributed by atoms with Gasteiger partial charge in [0.25, 0.3) is 0 Å². The van der Waals surface area contributed by atoms with E-state index >= 15 is 0 Å². The van der Waals surface area contributed by atoms with E-state index in [1.54, 1.807) is 0 Å². The van der Waals surface area contributed by atoms with Crippen LogP contribution in [0.25, 0.3) is 0 Å². The van der Waals surface area contributed by atoms with Crippen LogP contribution in [0.15, 0.2) is 0 Å². The SMILES string of the molecule is C[N+](C)(C)C(Cl)COC(N)=O.